The van der Waals surface area contributed by atoms with Gasteiger partial charge in [0.05, 0.1) is 12.1 Å². The van der Waals surface area contributed by atoms with Gasteiger partial charge >= 0.3 is 0 Å². The molecule has 0 aliphatic heterocycles. The van der Waals surface area contributed by atoms with Crippen LogP contribution in [-0.4, -0.2) is 19.4 Å². The molecule has 1 aromatic rings. The van der Waals surface area contributed by atoms with Gasteiger partial charge in [0.15, 0.2) is 5.78 Å². The van der Waals surface area contributed by atoms with E-state index in [2.05, 4.69) is 0 Å². The summed E-state index contributed by atoms with van der Waals surface area (Å²) in [6.07, 6.45) is 5.09. The van der Waals surface area contributed by atoms with Gasteiger partial charge in [-0.2, -0.15) is 0 Å². The lowest BCUT2D eigenvalue weighted by Crippen LogP contribution is -2.09. The summed E-state index contributed by atoms with van der Waals surface area (Å²) in [5.41, 5.74) is 7.17. The van der Waals surface area contributed by atoms with Crippen LogP contribution in [0.25, 0.3) is 0 Å². The van der Waals surface area contributed by atoms with Gasteiger partial charge in [-0.1, -0.05) is 24.4 Å². The maximum absolute atomic E-state index is 12.0. The molecule has 1 aromatic carbocycles. The molecule has 0 aromatic heterocycles. The van der Waals surface area contributed by atoms with Crippen molar-refractivity contribution in [1.82, 2.24) is 0 Å². The Labute approximate surface area is 119 Å². The molecule has 1 aliphatic carbocycles. The molecular formula is C15H20ClNO2. The van der Waals surface area contributed by atoms with Gasteiger partial charge in [-0.25, -0.2) is 0 Å². The number of halogens is 1. The largest absolute Gasteiger partial charge is 0.495 e. The highest BCUT2D eigenvalue weighted by Crippen LogP contribution is 2.42. The lowest BCUT2D eigenvalue weighted by molar-refractivity contribution is 0.0985. The summed E-state index contributed by atoms with van der Waals surface area (Å²) in [5, 5.41) is 0.521. The van der Waals surface area contributed by atoms with E-state index in [-0.39, 0.29) is 5.78 Å². The maximum Gasteiger partial charge on any atom is 0.164 e. The van der Waals surface area contributed by atoms with Crippen LogP contribution in [-0.2, 0) is 0 Å². The van der Waals surface area contributed by atoms with Crippen molar-refractivity contribution < 1.29 is 9.53 Å². The molecule has 0 amide bonds. The van der Waals surface area contributed by atoms with Crippen LogP contribution in [0.4, 0.5) is 0 Å². The molecule has 2 N–H and O–H groups in total. The quantitative estimate of drug-likeness (QED) is 0.840. The first kappa shape index (κ1) is 14.4. The Morgan fingerprint density at radius 1 is 1.42 bits per heavy atom. The summed E-state index contributed by atoms with van der Waals surface area (Å²) in [7, 11) is 1.63. The molecule has 1 fully saturated rings. The summed E-state index contributed by atoms with van der Waals surface area (Å²) in [6.45, 7) is 0.362. The first-order chi connectivity index (χ1) is 9.17. The first-order valence-electron chi connectivity index (χ1n) is 6.78. The third kappa shape index (κ3) is 3.10. The van der Waals surface area contributed by atoms with Gasteiger partial charge in [-0.05, 0) is 43.0 Å². The van der Waals surface area contributed by atoms with Gasteiger partial charge in [0, 0.05) is 12.0 Å². The molecule has 1 saturated carbocycles. The Bertz CT molecular complexity index is 467. The second-order valence-electron chi connectivity index (χ2n) is 5.02. The molecule has 0 heterocycles. The lowest BCUT2D eigenvalue weighted by Gasteiger charge is -2.17. The van der Waals surface area contributed by atoms with Crippen LogP contribution in [0.15, 0.2) is 12.1 Å². The molecule has 2 rings (SSSR count). The topological polar surface area (TPSA) is 52.3 Å². The van der Waals surface area contributed by atoms with Crippen LogP contribution in [0, 0.1) is 0 Å². The Morgan fingerprint density at radius 3 is 2.68 bits per heavy atom. The number of methoxy groups -OCH3 is 1. The molecule has 0 spiro atoms. The zero-order valence-corrected chi connectivity index (χ0v) is 12.0. The van der Waals surface area contributed by atoms with Crippen molar-refractivity contribution in [2.75, 3.05) is 13.7 Å². The van der Waals surface area contributed by atoms with Gasteiger partial charge < -0.3 is 10.5 Å². The highest BCUT2D eigenvalue weighted by atomic mass is 35.5. The number of hydrogen-bond donors (Lipinski definition) is 1. The van der Waals surface area contributed by atoms with Crippen molar-refractivity contribution in [1.29, 1.82) is 0 Å². The summed E-state index contributed by atoms with van der Waals surface area (Å²) < 4.78 is 5.42. The van der Waals surface area contributed by atoms with Gasteiger partial charge in [0.25, 0.3) is 0 Å². The van der Waals surface area contributed by atoms with E-state index in [0.29, 0.717) is 29.5 Å². The van der Waals surface area contributed by atoms with Crippen LogP contribution < -0.4 is 10.5 Å². The van der Waals surface area contributed by atoms with E-state index in [0.717, 1.165) is 24.2 Å². The first-order valence-corrected chi connectivity index (χ1v) is 7.16. The zero-order chi connectivity index (χ0) is 13.8. The van der Waals surface area contributed by atoms with Gasteiger partial charge in [-0.15, -0.1) is 0 Å². The second-order valence-corrected chi connectivity index (χ2v) is 5.43. The van der Waals surface area contributed by atoms with Crippen molar-refractivity contribution in [3.8, 4) is 5.75 Å². The third-order valence-corrected chi connectivity index (χ3v) is 4.05. The van der Waals surface area contributed by atoms with Gasteiger partial charge in [-0.3, -0.25) is 4.79 Å². The van der Waals surface area contributed by atoms with Crippen LogP contribution in [0.1, 0.15) is 53.9 Å². The van der Waals surface area contributed by atoms with Crippen LogP contribution in [0.5, 0.6) is 5.75 Å². The molecule has 4 heteroatoms. The van der Waals surface area contributed by atoms with Crippen molar-refractivity contribution in [3.63, 3.8) is 0 Å². The van der Waals surface area contributed by atoms with E-state index in [1.54, 1.807) is 13.2 Å². The number of carbonyl (C=O) groups is 1. The minimum atomic E-state index is 0.0475. The number of benzene rings is 1. The molecule has 104 valence electrons. The summed E-state index contributed by atoms with van der Waals surface area (Å²) in [4.78, 5) is 12.0. The zero-order valence-electron chi connectivity index (χ0n) is 11.2. The standard InChI is InChI=1S/C15H20ClNO2/c1-19-15-12(10-4-2-3-5-10)8-11(9-13(15)16)14(18)6-7-17/h8-10H,2-7,17H2,1H3. The number of ketones is 1. The Hall–Kier alpha value is -1.06. The van der Waals surface area contributed by atoms with E-state index >= 15 is 0 Å². The molecular weight excluding hydrogens is 262 g/mol. The van der Waals surface area contributed by atoms with Crippen LogP contribution in [0.3, 0.4) is 0 Å². The third-order valence-electron chi connectivity index (χ3n) is 3.76. The fraction of sp³-hybridized carbons (Fsp3) is 0.533. The average molecular weight is 282 g/mol. The molecule has 0 atom stereocenters. The number of rotatable bonds is 5. The summed E-state index contributed by atoms with van der Waals surface area (Å²) in [5.74, 6) is 1.22. The molecule has 0 unspecified atom stereocenters. The number of nitrogens with two attached hydrogens (primary N) is 1. The number of carbonyl (C=O) groups excluding carboxylic acids is 1. The molecule has 0 saturated heterocycles. The fourth-order valence-corrected chi connectivity index (χ4v) is 3.11. The Kier molecular flexibility index (Phi) is 4.83. The molecule has 3 nitrogen and oxygen atoms in total. The van der Waals surface area contributed by atoms with Crippen LogP contribution in [0.2, 0.25) is 5.02 Å². The summed E-state index contributed by atoms with van der Waals surface area (Å²) in [6, 6.07) is 3.63. The molecule has 0 radical (unpaired) electrons. The van der Waals surface area contributed by atoms with E-state index in [4.69, 9.17) is 22.1 Å². The number of hydrogen-bond acceptors (Lipinski definition) is 3. The normalized spacial score (nSPS) is 15.7. The minimum absolute atomic E-state index is 0.0475. The summed E-state index contributed by atoms with van der Waals surface area (Å²) >= 11 is 6.25. The van der Waals surface area contributed by atoms with Crippen molar-refractivity contribution in [3.05, 3.63) is 28.3 Å². The molecule has 0 bridgehead atoms. The predicted octanol–water partition coefficient (Wildman–Crippen LogP) is 3.54. The number of ether oxygens (including phenoxy) is 1. The van der Waals surface area contributed by atoms with E-state index in [1.807, 2.05) is 6.07 Å². The van der Waals surface area contributed by atoms with Crippen molar-refractivity contribution in [2.24, 2.45) is 5.73 Å². The van der Waals surface area contributed by atoms with Crippen molar-refractivity contribution >= 4 is 17.4 Å². The van der Waals surface area contributed by atoms with Crippen LogP contribution >= 0.6 is 11.6 Å². The Morgan fingerprint density at radius 2 is 2.11 bits per heavy atom. The van der Waals surface area contributed by atoms with Gasteiger partial charge in [0.1, 0.15) is 5.75 Å². The molecule has 19 heavy (non-hydrogen) atoms. The smallest absolute Gasteiger partial charge is 0.164 e. The fourth-order valence-electron chi connectivity index (χ4n) is 2.81. The van der Waals surface area contributed by atoms with Crippen molar-refractivity contribution in [2.45, 2.75) is 38.0 Å². The SMILES string of the molecule is COc1c(Cl)cc(C(=O)CCN)cc1C1CCCC1. The van der Waals surface area contributed by atoms with Gasteiger partial charge in [0.2, 0.25) is 0 Å². The highest BCUT2D eigenvalue weighted by molar-refractivity contribution is 6.32. The number of Topliss-reactive ketones (excluding diaryl/α,β-unsaturated/α-hetero) is 1. The van der Waals surface area contributed by atoms with E-state index in [9.17, 15) is 4.79 Å². The highest BCUT2D eigenvalue weighted by Gasteiger charge is 2.23. The molecule has 1 aliphatic rings. The minimum Gasteiger partial charge on any atom is -0.495 e. The predicted molar refractivity (Wildman–Crippen MR) is 77.2 cm³/mol. The second kappa shape index (κ2) is 6.40. The maximum atomic E-state index is 12.0. The monoisotopic (exact) mass is 281 g/mol. The average Bonchev–Trinajstić information content (AvgIpc) is 2.91. The lowest BCUT2D eigenvalue weighted by atomic mass is 9.93. The van der Waals surface area contributed by atoms with E-state index < -0.39 is 0 Å². The van der Waals surface area contributed by atoms with E-state index in [1.165, 1.54) is 12.8 Å². The Balaban J connectivity index is 2.40.